The molecule has 1 aromatic heterocycles. The van der Waals surface area contributed by atoms with Crippen molar-refractivity contribution in [3.05, 3.63) is 69.6 Å². The third-order valence-corrected chi connectivity index (χ3v) is 5.14. The van der Waals surface area contributed by atoms with Gasteiger partial charge in [-0.3, -0.25) is 0 Å². The summed E-state index contributed by atoms with van der Waals surface area (Å²) in [6, 6.07) is 11.6. The fraction of sp³-hybridized carbons (Fsp3) is 0.300. The number of hydrogen-bond acceptors (Lipinski definition) is 1. The maximum absolute atomic E-state index is 14.1. The van der Waals surface area contributed by atoms with E-state index in [1.54, 1.807) is 12.1 Å². The van der Waals surface area contributed by atoms with Crippen LogP contribution in [-0.4, -0.2) is 11.1 Å². The Labute approximate surface area is 146 Å². The Bertz CT molecular complexity index is 914. The molecule has 0 bridgehead atoms. The summed E-state index contributed by atoms with van der Waals surface area (Å²) in [5, 5.41) is 5.24. The Kier molecular flexibility index (Phi) is 4.07. The maximum Gasteiger partial charge on any atom is 0.127 e. The minimum absolute atomic E-state index is 0.217. The lowest BCUT2D eigenvalue weighted by Crippen LogP contribution is -2.24. The smallest absolute Gasteiger partial charge is 0.127 e. The zero-order valence-corrected chi connectivity index (χ0v) is 14.5. The second-order valence-corrected chi connectivity index (χ2v) is 6.95. The van der Waals surface area contributed by atoms with E-state index in [-0.39, 0.29) is 5.82 Å². The molecule has 0 radical (unpaired) electrons. The van der Waals surface area contributed by atoms with Crippen LogP contribution in [0.2, 0.25) is 5.02 Å². The monoisotopic (exact) mass is 342 g/mol. The number of nitrogens with zero attached hydrogens (tertiary/aromatic N) is 1. The summed E-state index contributed by atoms with van der Waals surface area (Å²) >= 11 is 5.85. The van der Waals surface area contributed by atoms with Crippen molar-refractivity contribution in [3.63, 3.8) is 0 Å². The molecule has 0 saturated heterocycles. The highest BCUT2D eigenvalue weighted by atomic mass is 35.5. The molecular weight excluding hydrogens is 323 g/mol. The fourth-order valence-electron chi connectivity index (χ4n) is 3.71. The van der Waals surface area contributed by atoms with Crippen LogP contribution >= 0.6 is 11.6 Å². The Morgan fingerprint density at radius 3 is 2.92 bits per heavy atom. The summed E-state index contributed by atoms with van der Waals surface area (Å²) < 4.78 is 16.5. The molecule has 124 valence electrons. The van der Waals surface area contributed by atoms with Gasteiger partial charge in [0.15, 0.2) is 0 Å². The highest BCUT2D eigenvalue weighted by Gasteiger charge is 2.19. The molecule has 1 aliphatic rings. The van der Waals surface area contributed by atoms with Crippen molar-refractivity contribution in [2.45, 2.75) is 32.9 Å². The number of nitrogens with one attached hydrogen (secondary N) is 1. The average molecular weight is 343 g/mol. The molecule has 4 heteroatoms. The van der Waals surface area contributed by atoms with Crippen LogP contribution in [0.1, 0.15) is 22.4 Å². The molecule has 0 fully saturated rings. The van der Waals surface area contributed by atoms with Crippen molar-refractivity contribution < 1.29 is 4.39 Å². The van der Waals surface area contributed by atoms with Crippen LogP contribution < -0.4 is 5.32 Å². The van der Waals surface area contributed by atoms with E-state index >= 15 is 0 Å². The zero-order valence-electron chi connectivity index (χ0n) is 13.7. The van der Waals surface area contributed by atoms with Crippen LogP contribution in [0.4, 0.5) is 4.39 Å². The summed E-state index contributed by atoms with van der Waals surface area (Å²) in [7, 11) is 0. The lowest BCUT2D eigenvalue weighted by Gasteiger charge is -2.17. The second kappa shape index (κ2) is 6.23. The van der Waals surface area contributed by atoms with E-state index in [1.807, 2.05) is 0 Å². The van der Waals surface area contributed by atoms with Crippen LogP contribution in [0, 0.1) is 12.7 Å². The summed E-state index contributed by atoms with van der Waals surface area (Å²) in [6.07, 6.45) is 1.69. The maximum atomic E-state index is 14.1. The first-order valence-electron chi connectivity index (χ1n) is 8.39. The lowest BCUT2D eigenvalue weighted by atomic mass is 10.0. The first kappa shape index (κ1) is 15.7. The van der Waals surface area contributed by atoms with Gasteiger partial charge in [-0.15, -0.1) is 0 Å². The van der Waals surface area contributed by atoms with E-state index in [1.165, 1.54) is 33.8 Å². The summed E-state index contributed by atoms with van der Waals surface area (Å²) in [5.74, 6) is -0.217. The highest BCUT2D eigenvalue weighted by Crippen LogP contribution is 2.30. The van der Waals surface area contributed by atoms with Gasteiger partial charge in [-0.2, -0.15) is 0 Å². The topological polar surface area (TPSA) is 17.0 Å². The number of fused-ring (bicyclic) bond motifs is 3. The standard InChI is InChI=1S/C20H20ClFN2/c1-13-2-5-19-16(10-13)17-12-23-8-6-20(17)24(19)9-7-14-3-4-15(21)11-18(14)22/h2-5,10-11,23H,6-9,12H2,1H3. The SMILES string of the molecule is Cc1ccc2c(c1)c1c(n2CCc2ccc(Cl)cc2F)CCNC1. The minimum Gasteiger partial charge on any atom is -0.344 e. The van der Waals surface area contributed by atoms with Gasteiger partial charge in [0.05, 0.1) is 0 Å². The average Bonchev–Trinajstić information content (AvgIpc) is 2.88. The largest absolute Gasteiger partial charge is 0.344 e. The highest BCUT2D eigenvalue weighted by molar-refractivity contribution is 6.30. The predicted molar refractivity (Wildman–Crippen MR) is 97.2 cm³/mol. The molecule has 0 unspecified atom stereocenters. The van der Waals surface area contributed by atoms with Crippen LogP contribution in [0.3, 0.4) is 0 Å². The van der Waals surface area contributed by atoms with Gasteiger partial charge in [0, 0.05) is 47.7 Å². The molecule has 3 aromatic rings. The van der Waals surface area contributed by atoms with Gasteiger partial charge < -0.3 is 9.88 Å². The van der Waals surface area contributed by atoms with E-state index < -0.39 is 0 Å². The summed E-state index contributed by atoms with van der Waals surface area (Å²) in [5.41, 5.74) is 6.04. The van der Waals surface area contributed by atoms with Crippen LogP contribution in [0.15, 0.2) is 36.4 Å². The number of hydrogen-bond donors (Lipinski definition) is 1. The summed E-state index contributed by atoms with van der Waals surface area (Å²) in [6.45, 7) is 4.82. The van der Waals surface area contributed by atoms with Gasteiger partial charge in [0.25, 0.3) is 0 Å². The normalized spacial score (nSPS) is 14.1. The van der Waals surface area contributed by atoms with Crippen LogP contribution in [0.25, 0.3) is 10.9 Å². The third kappa shape index (κ3) is 2.72. The van der Waals surface area contributed by atoms with Crippen LogP contribution in [-0.2, 0) is 25.9 Å². The van der Waals surface area contributed by atoms with Crippen molar-refractivity contribution in [3.8, 4) is 0 Å². The molecule has 0 atom stereocenters. The molecule has 0 aliphatic carbocycles. The van der Waals surface area contributed by atoms with Gasteiger partial charge >= 0.3 is 0 Å². The predicted octanol–water partition coefficient (Wildman–Crippen LogP) is 4.63. The molecule has 24 heavy (non-hydrogen) atoms. The van der Waals surface area contributed by atoms with Gasteiger partial charge in [-0.25, -0.2) is 4.39 Å². The minimum atomic E-state index is -0.217. The Morgan fingerprint density at radius 2 is 2.08 bits per heavy atom. The number of aryl methyl sites for hydroxylation is 3. The molecule has 2 nitrogen and oxygen atoms in total. The van der Waals surface area contributed by atoms with Crippen molar-refractivity contribution in [1.82, 2.24) is 9.88 Å². The fourth-order valence-corrected chi connectivity index (χ4v) is 3.86. The Hall–Kier alpha value is -1.84. The lowest BCUT2D eigenvalue weighted by molar-refractivity contribution is 0.575. The second-order valence-electron chi connectivity index (χ2n) is 6.51. The van der Waals surface area contributed by atoms with E-state index in [4.69, 9.17) is 11.6 Å². The summed E-state index contributed by atoms with van der Waals surface area (Å²) in [4.78, 5) is 0. The van der Waals surface area contributed by atoms with Crippen molar-refractivity contribution in [2.24, 2.45) is 0 Å². The van der Waals surface area contributed by atoms with Gasteiger partial charge in [-0.05, 0) is 48.7 Å². The van der Waals surface area contributed by atoms with Crippen LogP contribution in [0.5, 0.6) is 0 Å². The van der Waals surface area contributed by atoms with Gasteiger partial charge in [-0.1, -0.05) is 29.3 Å². The van der Waals surface area contributed by atoms with Gasteiger partial charge in [0.1, 0.15) is 5.82 Å². The molecule has 4 rings (SSSR count). The zero-order chi connectivity index (χ0) is 16.7. The molecule has 1 aliphatic heterocycles. The number of aromatic nitrogens is 1. The number of halogens is 2. The molecule has 2 heterocycles. The molecule has 0 amide bonds. The Morgan fingerprint density at radius 1 is 1.21 bits per heavy atom. The molecule has 0 spiro atoms. The molecule has 2 aromatic carbocycles. The first-order chi connectivity index (χ1) is 11.6. The van der Waals surface area contributed by atoms with Crippen molar-refractivity contribution in [1.29, 1.82) is 0 Å². The molecule has 1 N–H and O–H groups in total. The molecule has 0 saturated carbocycles. The first-order valence-corrected chi connectivity index (χ1v) is 8.76. The van der Waals surface area contributed by atoms with E-state index in [2.05, 4.69) is 35.0 Å². The number of rotatable bonds is 3. The van der Waals surface area contributed by atoms with E-state index in [0.29, 0.717) is 11.4 Å². The number of benzene rings is 2. The van der Waals surface area contributed by atoms with Crippen molar-refractivity contribution in [2.75, 3.05) is 6.54 Å². The van der Waals surface area contributed by atoms with E-state index in [9.17, 15) is 4.39 Å². The van der Waals surface area contributed by atoms with Crippen molar-refractivity contribution >= 4 is 22.5 Å². The van der Waals surface area contributed by atoms with Gasteiger partial charge in [0.2, 0.25) is 0 Å². The van der Waals surface area contributed by atoms with E-state index in [0.717, 1.165) is 31.6 Å². The molecular formula is C20H20ClFN2. The quantitative estimate of drug-likeness (QED) is 0.734. The Balaban J connectivity index is 1.73. The third-order valence-electron chi connectivity index (χ3n) is 4.90.